The number of aliphatic hydroxyl groups excluding tert-OH is 1. The smallest absolute Gasteiger partial charge is 0.251 e. The van der Waals surface area contributed by atoms with Gasteiger partial charge in [0, 0.05) is 42.4 Å². The number of carbonyl (C=O) groups excluding carboxylic acids is 1. The van der Waals surface area contributed by atoms with Gasteiger partial charge in [-0.1, -0.05) is 0 Å². The molecule has 0 spiro atoms. The zero-order chi connectivity index (χ0) is 12.4. The van der Waals surface area contributed by atoms with E-state index in [4.69, 9.17) is 5.11 Å². The van der Waals surface area contributed by atoms with Crippen LogP contribution in [0.2, 0.25) is 0 Å². The van der Waals surface area contributed by atoms with E-state index >= 15 is 0 Å². The number of hydrogen-bond donors (Lipinski definition) is 1. The lowest BCUT2D eigenvalue weighted by molar-refractivity contribution is -0.139. The van der Waals surface area contributed by atoms with Crippen molar-refractivity contribution in [1.82, 2.24) is 9.47 Å². The van der Waals surface area contributed by atoms with Crippen LogP contribution >= 0.6 is 15.9 Å². The molecule has 0 bridgehead atoms. The van der Waals surface area contributed by atoms with Gasteiger partial charge in [-0.05, 0) is 22.0 Å². The van der Waals surface area contributed by atoms with Crippen molar-refractivity contribution in [1.29, 1.82) is 0 Å². The first-order valence-electron chi connectivity index (χ1n) is 5.35. The molecule has 92 valence electrons. The Bertz CT molecular complexity index is 480. The average Bonchev–Trinajstić information content (AvgIpc) is 2.22. The van der Waals surface area contributed by atoms with E-state index in [0.29, 0.717) is 13.1 Å². The second-order valence-electron chi connectivity index (χ2n) is 4.16. The molecule has 5 nitrogen and oxygen atoms in total. The van der Waals surface area contributed by atoms with Gasteiger partial charge in [0.05, 0.1) is 0 Å². The number of halogens is 1. The summed E-state index contributed by atoms with van der Waals surface area (Å²) in [7, 11) is 0. The summed E-state index contributed by atoms with van der Waals surface area (Å²) in [6, 6.07) is 3.07. The lowest BCUT2D eigenvalue weighted by atomic mass is 10.0. The van der Waals surface area contributed by atoms with Crippen LogP contribution < -0.4 is 5.56 Å². The maximum atomic E-state index is 11.8. The highest BCUT2D eigenvalue weighted by Gasteiger charge is 2.29. The Kier molecular flexibility index (Phi) is 3.63. The number of hydrogen-bond acceptors (Lipinski definition) is 3. The van der Waals surface area contributed by atoms with Crippen LogP contribution in [-0.4, -0.2) is 40.2 Å². The van der Waals surface area contributed by atoms with Crippen LogP contribution in [0.5, 0.6) is 0 Å². The number of likely N-dealkylation sites (tertiary alicyclic amines) is 1. The Morgan fingerprint density at radius 1 is 1.47 bits per heavy atom. The van der Waals surface area contributed by atoms with E-state index < -0.39 is 0 Å². The molecule has 1 N–H and O–H groups in total. The molecule has 1 aliphatic heterocycles. The molecule has 0 radical (unpaired) electrons. The fraction of sp³-hybridized carbons (Fsp3) is 0.455. The van der Waals surface area contributed by atoms with Crippen molar-refractivity contribution in [3.05, 3.63) is 33.2 Å². The van der Waals surface area contributed by atoms with Gasteiger partial charge >= 0.3 is 0 Å². The summed E-state index contributed by atoms with van der Waals surface area (Å²) in [5.41, 5.74) is -0.194. The van der Waals surface area contributed by atoms with Crippen LogP contribution in [0.1, 0.15) is 0 Å². The van der Waals surface area contributed by atoms with Crippen LogP contribution in [0.3, 0.4) is 0 Å². The number of aliphatic hydroxyl groups is 1. The molecule has 0 atom stereocenters. The Morgan fingerprint density at radius 3 is 2.82 bits per heavy atom. The molecule has 17 heavy (non-hydrogen) atoms. The highest BCUT2D eigenvalue weighted by molar-refractivity contribution is 9.10. The van der Waals surface area contributed by atoms with Gasteiger partial charge in [-0.3, -0.25) is 9.59 Å². The summed E-state index contributed by atoms with van der Waals surface area (Å²) in [6.45, 7) is 1.33. The van der Waals surface area contributed by atoms with Gasteiger partial charge in [-0.2, -0.15) is 0 Å². The molecule has 2 heterocycles. The first kappa shape index (κ1) is 12.3. The molecule has 1 saturated heterocycles. The Labute approximate surface area is 107 Å². The third kappa shape index (κ3) is 2.76. The van der Waals surface area contributed by atoms with E-state index in [1.807, 2.05) is 0 Å². The highest BCUT2D eigenvalue weighted by atomic mass is 79.9. The quantitative estimate of drug-likeness (QED) is 0.859. The lowest BCUT2D eigenvalue weighted by Crippen LogP contribution is -2.52. The molecule has 1 fully saturated rings. The van der Waals surface area contributed by atoms with E-state index in [1.54, 1.807) is 17.2 Å². The molecule has 1 amide bonds. The van der Waals surface area contributed by atoms with Crippen molar-refractivity contribution in [2.45, 2.75) is 6.54 Å². The molecule has 1 aromatic rings. The topological polar surface area (TPSA) is 62.5 Å². The van der Waals surface area contributed by atoms with E-state index in [1.165, 1.54) is 10.6 Å². The van der Waals surface area contributed by atoms with Crippen molar-refractivity contribution >= 4 is 21.8 Å². The molecule has 6 heteroatoms. The summed E-state index contributed by atoms with van der Waals surface area (Å²) in [6.07, 6.45) is 1.60. The first-order valence-corrected chi connectivity index (χ1v) is 6.14. The zero-order valence-corrected chi connectivity index (χ0v) is 10.8. The highest BCUT2D eigenvalue weighted by Crippen LogP contribution is 2.15. The van der Waals surface area contributed by atoms with Crippen molar-refractivity contribution in [2.24, 2.45) is 5.92 Å². The van der Waals surface area contributed by atoms with E-state index in [0.717, 1.165) is 4.47 Å². The van der Waals surface area contributed by atoms with Gasteiger partial charge in [-0.25, -0.2) is 0 Å². The van der Waals surface area contributed by atoms with Crippen molar-refractivity contribution in [3.63, 3.8) is 0 Å². The van der Waals surface area contributed by atoms with Crippen molar-refractivity contribution < 1.29 is 9.90 Å². The number of rotatable bonds is 3. The monoisotopic (exact) mass is 300 g/mol. The second-order valence-corrected chi connectivity index (χ2v) is 5.08. The molecular weight excluding hydrogens is 288 g/mol. The number of aromatic nitrogens is 1. The summed E-state index contributed by atoms with van der Waals surface area (Å²) < 4.78 is 2.14. The molecule has 2 rings (SSSR count). The maximum Gasteiger partial charge on any atom is 0.251 e. The Balaban J connectivity index is 1.99. The number of nitrogens with zero attached hydrogens (tertiary/aromatic N) is 2. The third-order valence-corrected chi connectivity index (χ3v) is 3.29. The Hall–Kier alpha value is -1.14. The maximum absolute atomic E-state index is 11.8. The second kappa shape index (κ2) is 5.01. The predicted octanol–water partition coefficient (Wildman–Crippen LogP) is 0.0615. The fourth-order valence-electron chi connectivity index (χ4n) is 1.76. The summed E-state index contributed by atoms with van der Waals surface area (Å²) in [5.74, 6) is 0.105. The molecule has 0 aromatic carbocycles. The standard InChI is InChI=1S/C11H13BrN2O3/c12-9-1-2-10(16)14(5-9)6-11(17)13-3-8(4-13)7-15/h1-2,5,8,15H,3-4,6-7H2. The van der Waals surface area contributed by atoms with Crippen LogP contribution in [-0.2, 0) is 11.3 Å². The van der Waals surface area contributed by atoms with Gasteiger partial charge in [0.25, 0.3) is 5.56 Å². The van der Waals surface area contributed by atoms with Crippen LogP contribution in [0.4, 0.5) is 0 Å². The zero-order valence-electron chi connectivity index (χ0n) is 9.17. The van der Waals surface area contributed by atoms with E-state index in [-0.39, 0.29) is 30.5 Å². The predicted molar refractivity (Wildman–Crippen MR) is 65.6 cm³/mol. The minimum atomic E-state index is -0.194. The fourth-order valence-corrected chi connectivity index (χ4v) is 2.14. The van der Waals surface area contributed by atoms with Gasteiger partial charge in [-0.15, -0.1) is 0 Å². The molecule has 0 unspecified atom stereocenters. The number of amides is 1. The van der Waals surface area contributed by atoms with Crippen LogP contribution in [0, 0.1) is 5.92 Å². The summed E-state index contributed by atoms with van der Waals surface area (Å²) >= 11 is 3.26. The molecule has 0 aliphatic carbocycles. The molecule has 0 saturated carbocycles. The van der Waals surface area contributed by atoms with Gasteiger partial charge < -0.3 is 14.6 Å². The minimum absolute atomic E-state index is 0.0520. The molecule has 1 aliphatic rings. The van der Waals surface area contributed by atoms with Crippen LogP contribution in [0.15, 0.2) is 27.6 Å². The average molecular weight is 301 g/mol. The largest absolute Gasteiger partial charge is 0.396 e. The Morgan fingerprint density at radius 2 is 2.18 bits per heavy atom. The van der Waals surface area contributed by atoms with Crippen LogP contribution in [0.25, 0.3) is 0 Å². The number of carbonyl (C=O) groups is 1. The minimum Gasteiger partial charge on any atom is -0.396 e. The lowest BCUT2D eigenvalue weighted by Gasteiger charge is -2.38. The third-order valence-electron chi connectivity index (χ3n) is 2.82. The molecular formula is C11H13BrN2O3. The normalized spacial score (nSPS) is 15.8. The number of pyridine rings is 1. The van der Waals surface area contributed by atoms with E-state index in [9.17, 15) is 9.59 Å². The van der Waals surface area contributed by atoms with Gasteiger partial charge in [0.1, 0.15) is 6.54 Å². The summed E-state index contributed by atoms with van der Waals surface area (Å²) in [4.78, 5) is 24.9. The van der Waals surface area contributed by atoms with E-state index in [2.05, 4.69) is 15.9 Å². The summed E-state index contributed by atoms with van der Waals surface area (Å²) in [5, 5.41) is 8.86. The SMILES string of the molecule is O=C(Cn1cc(Br)ccc1=O)N1CC(CO)C1. The van der Waals surface area contributed by atoms with Gasteiger partial charge in [0.2, 0.25) is 5.91 Å². The first-order chi connectivity index (χ1) is 8.10. The van der Waals surface area contributed by atoms with Crippen molar-refractivity contribution in [2.75, 3.05) is 19.7 Å². The van der Waals surface area contributed by atoms with Gasteiger partial charge in [0.15, 0.2) is 0 Å². The molecule has 1 aromatic heterocycles. The van der Waals surface area contributed by atoms with Crippen molar-refractivity contribution in [3.8, 4) is 0 Å².